The van der Waals surface area contributed by atoms with Crippen LogP contribution in [0.3, 0.4) is 0 Å². The fourth-order valence-corrected chi connectivity index (χ4v) is 1.94. The first kappa shape index (κ1) is 19.1. The fraction of sp³-hybridized carbons (Fsp3) is 0.533. The summed E-state index contributed by atoms with van der Waals surface area (Å²) in [6.45, 7) is 4.50. The molecule has 130 valence electrons. The second-order valence-electron chi connectivity index (χ2n) is 5.91. The second kappa shape index (κ2) is 7.08. The van der Waals surface area contributed by atoms with Crippen LogP contribution in [0.5, 0.6) is 5.75 Å². The van der Waals surface area contributed by atoms with Gasteiger partial charge in [0.15, 0.2) is 0 Å². The molecule has 0 aliphatic heterocycles. The lowest BCUT2D eigenvalue weighted by Gasteiger charge is -2.22. The van der Waals surface area contributed by atoms with Gasteiger partial charge < -0.3 is 15.2 Å². The van der Waals surface area contributed by atoms with Gasteiger partial charge in [-0.25, -0.2) is 4.79 Å². The number of halogens is 3. The first-order valence-electron chi connectivity index (χ1n) is 6.92. The molecule has 3 N–H and O–H groups in total. The molecule has 0 radical (unpaired) electrons. The van der Waals surface area contributed by atoms with E-state index in [4.69, 9.17) is 15.2 Å². The van der Waals surface area contributed by atoms with Gasteiger partial charge in [-0.3, -0.25) is 5.32 Å². The van der Waals surface area contributed by atoms with E-state index in [0.717, 1.165) is 0 Å². The number of alkyl halides is 3. The third kappa shape index (κ3) is 5.63. The lowest BCUT2D eigenvalue weighted by Crippen LogP contribution is -2.29. The Hall–Kier alpha value is -1.96. The van der Waals surface area contributed by atoms with Crippen molar-refractivity contribution in [3.63, 3.8) is 0 Å². The van der Waals surface area contributed by atoms with E-state index in [9.17, 15) is 18.0 Å². The highest BCUT2D eigenvalue weighted by molar-refractivity contribution is 5.85. The molecule has 0 spiro atoms. The van der Waals surface area contributed by atoms with E-state index in [0.29, 0.717) is 0 Å². The van der Waals surface area contributed by atoms with Crippen molar-refractivity contribution in [2.45, 2.75) is 38.5 Å². The van der Waals surface area contributed by atoms with Crippen molar-refractivity contribution >= 4 is 11.8 Å². The number of nitrogens with one attached hydrogen (secondary N) is 1. The number of benzene rings is 1. The van der Waals surface area contributed by atoms with Gasteiger partial charge in [-0.15, -0.1) is 0 Å². The minimum Gasteiger partial charge on any atom is -0.496 e. The number of ether oxygens (including phenoxy) is 2. The summed E-state index contributed by atoms with van der Waals surface area (Å²) in [6, 6.07) is 3.88. The van der Waals surface area contributed by atoms with E-state index in [1.807, 2.05) is 0 Å². The number of amides is 1. The van der Waals surface area contributed by atoms with Gasteiger partial charge in [-0.2, -0.15) is 13.2 Å². The van der Waals surface area contributed by atoms with Crippen LogP contribution in [-0.2, 0) is 4.74 Å². The first-order chi connectivity index (χ1) is 10.5. The largest absolute Gasteiger partial charge is 0.496 e. The van der Waals surface area contributed by atoms with Crippen LogP contribution in [0.25, 0.3) is 0 Å². The molecular formula is C15H21F3N2O3. The zero-order valence-corrected chi connectivity index (χ0v) is 13.5. The Morgan fingerprint density at radius 3 is 2.35 bits per heavy atom. The second-order valence-corrected chi connectivity index (χ2v) is 5.91. The summed E-state index contributed by atoms with van der Waals surface area (Å²) in [5.41, 5.74) is 4.73. The number of hydrogen-bond donors (Lipinski definition) is 2. The van der Waals surface area contributed by atoms with Gasteiger partial charge in [-0.05, 0) is 26.8 Å². The smallest absolute Gasteiger partial charge is 0.412 e. The first-order valence-corrected chi connectivity index (χ1v) is 6.92. The zero-order valence-electron chi connectivity index (χ0n) is 13.5. The molecule has 0 saturated carbocycles. The van der Waals surface area contributed by atoms with E-state index in [1.54, 1.807) is 20.8 Å². The molecule has 8 heteroatoms. The maximum Gasteiger partial charge on any atom is 0.412 e. The number of rotatable bonds is 4. The van der Waals surface area contributed by atoms with E-state index in [-0.39, 0.29) is 17.0 Å². The molecule has 1 atom stereocenters. The third-order valence-electron chi connectivity index (χ3n) is 2.88. The minimum absolute atomic E-state index is 0.00802. The van der Waals surface area contributed by atoms with Gasteiger partial charge in [0.05, 0.1) is 13.0 Å². The maximum atomic E-state index is 13.0. The molecule has 1 rings (SSSR count). The predicted molar refractivity (Wildman–Crippen MR) is 80.7 cm³/mol. The standard InChI is InChI=1S/C15H21F3N2O3/c1-14(2,3)23-13(21)20-9-5-6-10(12(7-9)22-4)11(8-19)15(16,17)18/h5-7,11H,8,19H2,1-4H3,(H,20,21). The van der Waals surface area contributed by atoms with Crippen LogP contribution in [-0.4, -0.2) is 31.5 Å². The number of carbonyl (C=O) groups is 1. The lowest BCUT2D eigenvalue weighted by atomic mass is 9.97. The van der Waals surface area contributed by atoms with E-state index in [1.165, 1.54) is 25.3 Å². The molecule has 23 heavy (non-hydrogen) atoms. The third-order valence-corrected chi connectivity index (χ3v) is 2.88. The van der Waals surface area contributed by atoms with Crippen LogP contribution >= 0.6 is 0 Å². The van der Waals surface area contributed by atoms with Crippen LogP contribution in [0, 0.1) is 0 Å². The highest BCUT2D eigenvalue weighted by Crippen LogP contribution is 2.39. The molecule has 0 aliphatic carbocycles. The Morgan fingerprint density at radius 2 is 1.91 bits per heavy atom. The lowest BCUT2D eigenvalue weighted by molar-refractivity contribution is -0.148. The monoisotopic (exact) mass is 334 g/mol. The molecule has 0 saturated heterocycles. The summed E-state index contributed by atoms with van der Waals surface area (Å²) in [4.78, 5) is 11.7. The summed E-state index contributed by atoms with van der Waals surface area (Å²) in [6.07, 6.45) is -5.19. The van der Waals surface area contributed by atoms with Gasteiger partial charge in [0.25, 0.3) is 0 Å². The summed E-state index contributed by atoms with van der Waals surface area (Å²) < 4.78 is 49.1. The molecule has 0 heterocycles. The van der Waals surface area contributed by atoms with Gasteiger partial charge in [-0.1, -0.05) is 6.07 Å². The normalized spacial score (nSPS) is 13.4. The van der Waals surface area contributed by atoms with Crippen molar-refractivity contribution in [2.75, 3.05) is 19.0 Å². The summed E-state index contributed by atoms with van der Waals surface area (Å²) in [7, 11) is 1.25. The molecule has 0 fully saturated rings. The van der Waals surface area contributed by atoms with Crippen LogP contribution in [0.2, 0.25) is 0 Å². The molecule has 1 aromatic carbocycles. The van der Waals surface area contributed by atoms with Crippen LogP contribution < -0.4 is 15.8 Å². The molecule has 0 bridgehead atoms. The number of nitrogens with two attached hydrogens (primary N) is 1. The zero-order chi connectivity index (χ0) is 17.8. The quantitative estimate of drug-likeness (QED) is 0.881. The van der Waals surface area contributed by atoms with Gasteiger partial charge in [0.1, 0.15) is 11.4 Å². The molecule has 1 unspecified atom stereocenters. The Bertz CT molecular complexity index is 554. The van der Waals surface area contributed by atoms with Crippen LogP contribution in [0.1, 0.15) is 32.3 Å². The highest BCUT2D eigenvalue weighted by atomic mass is 19.4. The van der Waals surface area contributed by atoms with Crippen molar-refractivity contribution in [2.24, 2.45) is 5.73 Å². The Kier molecular flexibility index (Phi) is 5.87. The van der Waals surface area contributed by atoms with Gasteiger partial charge in [0, 0.05) is 23.9 Å². The molecule has 1 aromatic rings. The summed E-state index contributed by atoms with van der Waals surface area (Å²) in [5.74, 6) is -1.85. The Labute approximate surface area is 132 Å². The Morgan fingerprint density at radius 1 is 1.30 bits per heavy atom. The number of anilines is 1. The average molecular weight is 334 g/mol. The maximum absolute atomic E-state index is 13.0. The SMILES string of the molecule is COc1cc(NC(=O)OC(C)(C)C)ccc1C(CN)C(F)(F)F. The van der Waals surface area contributed by atoms with Crippen molar-refractivity contribution < 1.29 is 27.4 Å². The predicted octanol–water partition coefficient (Wildman–Crippen LogP) is 3.65. The van der Waals surface area contributed by atoms with Gasteiger partial charge >= 0.3 is 12.3 Å². The molecule has 5 nitrogen and oxygen atoms in total. The number of methoxy groups -OCH3 is 1. The molecule has 1 amide bonds. The molecule has 0 aliphatic rings. The average Bonchev–Trinajstić information content (AvgIpc) is 2.37. The Balaban J connectivity index is 3.03. The number of carbonyl (C=O) groups excluding carboxylic acids is 1. The highest BCUT2D eigenvalue weighted by Gasteiger charge is 2.41. The van der Waals surface area contributed by atoms with Gasteiger partial charge in [0.2, 0.25) is 0 Å². The van der Waals surface area contributed by atoms with E-state index in [2.05, 4.69) is 5.32 Å². The molecule has 0 aromatic heterocycles. The van der Waals surface area contributed by atoms with E-state index < -0.39 is 30.3 Å². The fourth-order valence-electron chi connectivity index (χ4n) is 1.94. The van der Waals surface area contributed by atoms with Crippen LogP contribution in [0.15, 0.2) is 18.2 Å². The van der Waals surface area contributed by atoms with E-state index >= 15 is 0 Å². The van der Waals surface area contributed by atoms with Crippen LogP contribution in [0.4, 0.5) is 23.7 Å². The van der Waals surface area contributed by atoms with Crippen molar-refractivity contribution in [3.05, 3.63) is 23.8 Å². The number of hydrogen-bond acceptors (Lipinski definition) is 4. The summed E-state index contributed by atoms with van der Waals surface area (Å²) in [5, 5.41) is 2.44. The molecular weight excluding hydrogens is 313 g/mol. The van der Waals surface area contributed by atoms with Crippen molar-refractivity contribution in [1.82, 2.24) is 0 Å². The summed E-state index contributed by atoms with van der Waals surface area (Å²) >= 11 is 0. The van der Waals surface area contributed by atoms with Crippen molar-refractivity contribution in [1.29, 1.82) is 0 Å². The minimum atomic E-state index is -4.48. The topological polar surface area (TPSA) is 73.6 Å². The van der Waals surface area contributed by atoms with Crippen molar-refractivity contribution in [3.8, 4) is 5.75 Å².